The number of hydrogen-bond donors (Lipinski definition) is 1. The zero-order chi connectivity index (χ0) is 30.7. The summed E-state index contributed by atoms with van der Waals surface area (Å²) in [4.78, 5) is 0. The third kappa shape index (κ3) is 4.64. The first-order valence-electron chi connectivity index (χ1n) is 15.5. The van der Waals surface area contributed by atoms with Crippen LogP contribution in [0.3, 0.4) is 0 Å². The molecule has 0 aliphatic heterocycles. The summed E-state index contributed by atoms with van der Waals surface area (Å²) < 4.78 is 0. The molecule has 0 aliphatic rings. The van der Waals surface area contributed by atoms with E-state index in [1.54, 1.807) is 0 Å². The number of anilines is 2. The van der Waals surface area contributed by atoms with Crippen LogP contribution in [0.4, 0.5) is 11.4 Å². The molecule has 1 nitrogen and oxygen atoms in total. The molecule has 0 aliphatic carbocycles. The van der Waals surface area contributed by atoms with E-state index in [4.69, 9.17) is 0 Å². The molecule has 0 aromatic heterocycles. The minimum Gasteiger partial charge on any atom is -0.355 e. The molecule has 0 bridgehead atoms. The SMILES string of the molecule is Bc1c(B)c(B)c(-c2ccc(Nc3ccc(-c4c(B)c(B)c(B)c(B)c4B)c4ccccc34)c3ccccc23)c(B)c1B. The van der Waals surface area contributed by atoms with E-state index in [2.05, 4.69) is 157 Å². The van der Waals surface area contributed by atoms with Crippen molar-refractivity contribution in [2.24, 2.45) is 0 Å². The second kappa shape index (κ2) is 11.1. The van der Waals surface area contributed by atoms with E-state index < -0.39 is 0 Å². The summed E-state index contributed by atoms with van der Waals surface area (Å²) in [5.74, 6) is 0. The van der Waals surface area contributed by atoms with Crippen LogP contribution < -0.4 is 59.9 Å². The van der Waals surface area contributed by atoms with Crippen LogP contribution in [0, 0.1) is 0 Å². The van der Waals surface area contributed by atoms with Gasteiger partial charge in [0.2, 0.25) is 0 Å². The van der Waals surface area contributed by atoms with Crippen molar-refractivity contribution in [3.63, 3.8) is 0 Å². The van der Waals surface area contributed by atoms with Crippen LogP contribution in [0.25, 0.3) is 43.8 Å². The van der Waals surface area contributed by atoms with Gasteiger partial charge in [-0.3, -0.25) is 0 Å². The van der Waals surface area contributed by atoms with E-state index in [-0.39, 0.29) is 0 Å². The van der Waals surface area contributed by atoms with E-state index in [0.717, 1.165) is 11.4 Å². The minimum atomic E-state index is 1.13. The maximum Gasteiger partial charge on any atom is 0.139 e. The van der Waals surface area contributed by atoms with Gasteiger partial charge < -0.3 is 5.32 Å². The second-order valence-corrected chi connectivity index (χ2v) is 12.5. The largest absolute Gasteiger partial charge is 0.355 e. The average Bonchev–Trinajstić information content (AvgIpc) is 3.02. The Kier molecular flexibility index (Phi) is 7.57. The van der Waals surface area contributed by atoms with Crippen molar-refractivity contribution in [2.75, 3.05) is 5.32 Å². The van der Waals surface area contributed by atoms with Crippen LogP contribution in [0.15, 0.2) is 72.8 Å². The number of hydrogen-bond acceptors (Lipinski definition) is 1. The Balaban J connectivity index is 1.52. The Labute approximate surface area is 265 Å². The first-order valence-corrected chi connectivity index (χ1v) is 15.5. The molecule has 6 rings (SSSR count). The van der Waals surface area contributed by atoms with Crippen molar-refractivity contribution in [2.45, 2.75) is 0 Å². The topological polar surface area (TPSA) is 12.0 Å². The van der Waals surface area contributed by atoms with Gasteiger partial charge in [0.1, 0.15) is 78.5 Å². The molecular formula is C32H33B10N. The Morgan fingerprint density at radius 2 is 0.581 bits per heavy atom. The fourth-order valence-corrected chi connectivity index (χ4v) is 7.21. The van der Waals surface area contributed by atoms with Gasteiger partial charge in [0, 0.05) is 22.1 Å². The molecule has 0 amide bonds. The Morgan fingerprint density at radius 3 is 0.907 bits per heavy atom. The van der Waals surface area contributed by atoms with Crippen LogP contribution >= 0.6 is 0 Å². The fourth-order valence-electron chi connectivity index (χ4n) is 7.21. The number of fused-ring (bicyclic) bond motifs is 2. The van der Waals surface area contributed by atoms with Gasteiger partial charge >= 0.3 is 0 Å². The molecule has 0 fully saturated rings. The summed E-state index contributed by atoms with van der Waals surface area (Å²) in [5, 5.41) is 8.89. The molecule has 196 valence electrons. The lowest BCUT2D eigenvalue weighted by molar-refractivity contribution is 1.60. The predicted molar refractivity (Wildman–Crippen MR) is 224 cm³/mol. The van der Waals surface area contributed by atoms with Crippen LogP contribution in [0.1, 0.15) is 0 Å². The van der Waals surface area contributed by atoms with E-state index in [1.807, 2.05) is 0 Å². The van der Waals surface area contributed by atoms with Gasteiger partial charge in [-0.2, -0.15) is 0 Å². The van der Waals surface area contributed by atoms with E-state index in [1.165, 1.54) is 98.4 Å². The van der Waals surface area contributed by atoms with Crippen molar-refractivity contribution in [3.8, 4) is 22.3 Å². The molecule has 6 aromatic rings. The Morgan fingerprint density at radius 1 is 0.302 bits per heavy atom. The number of nitrogens with one attached hydrogen (secondary N) is 1. The molecule has 43 heavy (non-hydrogen) atoms. The van der Waals surface area contributed by atoms with Crippen molar-refractivity contribution >= 4 is 166 Å². The van der Waals surface area contributed by atoms with Gasteiger partial charge in [0.15, 0.2) is 0 Å². The average molecular weight is 540 g/mol. The minimum absolute atomic E-state index is 1.13. The van der Waals surface area contributed by atoms with Gasteiger partial charge in [-0.05, 0) is 45.2 Å². The third-order valence-corrected chi connectivity index (χ3v) is 10.7. The monoisotopic (exact) mass is 541 g/mol. The van der Waals surface area contributed by atoms with Crippen molar-refractivity contribution < 1.29 is 0 Å². The normalized spacial score (nSPS) is 11.3. The molecule has 0 saturated heterocycles. The van der Waals surface area contributed by atoms with Crippen molar-refractivity contribution in [1.29, 1.82) is 0 Å². The highest BCUT2D eigenvalue weighted by Gasteiger charge is 2.18. The lowest BCUT2D eigenvalue weighted by Crippen LogP contribution is -2.55. The van der Waals surface area contributed by atoms with Crippen LogP contribution in [-0.2, 0) is 0 Å². The van der Waals surface area contributed by atoms with E-state index in [0.29, 0.717) is 0 Å². The van der Waals surface area contributed by atoms with Crippen LogP contribution in [0.5, 0.6) is 0 Å². The maximum atomic E-state index is 3.87. The smallest absolute Gasteiger partial charge is 0.139 e. The standard InChI is InChI=1S/C32H33B10N/c33-23-21(24(34)28(38)31(41)27(23)37)17-9-11-19(15-7-3-1-5-13(15)17)43-20-12-10-18(14-6-2-4-8-16(14)20)22-25(35)29(39)32(42)30(40)26(22)36/h1-12,43H,33-42H2. The summed E-state index contributed by atoms with van der Waals surface area (Å²) in [5.41, 5.74) is 21.5. The molecular weight excluding hydrogens is 506 g/mol. The highest BCUT2D eigenvalue weighted by molar-refractivity contribution is 6.70. The quantitative estimate of drug-likeness (QED) is 0.220. The summed E-state index contributed by atoms with van der Waals surface area (Å²) in [6.45, 7) is 0. The van der Waals surface area contributed by atoms with Gasteiger partial charge in [-0.25, -0.2) is 0 Å². The molecule has 0 saturated carbocycles. The first kappa shape index (κ1) is 29.4. The highest BCUT2D eigenvalue weighted by Crippen LogP contribution is 2.37. The molecule has 11 heteroatoms. The molecule has 6 aromatic carbocycles. The predicted octanol–water partition coefficient (Wildman–Crippen LogP) is -8.35. The highest BCUT2D eigenvalue weighted by atomic mass is 14.9. The zero-order valence-corrected chi connectivity index (χ0v) is 27.4. The van der Waals surface area contributed by atoms with E-state index in [9.17, 15) is 0 Å². The van der Waals surface area contributed by atoms with Crippen LogP contribution in [0.2, 0.25) is 0 Å². The summed E-state index contributed by atoms with van der Waals surface area (Å²) in [7, 11) is 22.6. The molecule has 0 heterocycles. The van der Waals surface area contributed by atoms with E-state index >= 15 is 0 Å². The second-order valence-electron chi connectivity index (χ2n) is 12.5. The Bertz CT molecular complexity index is 1910. The third-order valence-electron chi connectivity index (χ3n) is 10.7. The summed E-state index contributed by atoms with van der Waals surface area (Å²) in [6, 6.07) is 26.8. The van der Waals surface area contributed by atoms with Gasteiger partial charge in [0.05, 0.1) is 0 Å². The van der Waals surface area contributed by atoms with Gasteiger partial charge in [0.25, 0.3) is 0 Å². The molecule has 1 N–H and O–H groups in total. The first-order chi connectivity index (χ1) is 20.5. The molecule has 0 unspecified atom stereocenters. The Hall–Kier alpha value is -3.71. The maximum absolute atomic E-state index is 3.87. The van der Waals surface area contributed by atoms with Crippen molar-refractivity contribution in [1.82, 2.24) is 0 Å². The number of rotatable bonds is 4. The van der Waals surface area contributed by atoms with Gasteiger partial charge in [-0.1, -0.05) is 82.5 Å². The summed E-state index contributed by atoms with van der Waals surface area (Å²) in [6.07, 6.45) is 0. The summed E-state index contributed by atoms with van der Waals surface area (Å²) >= 11 is 0. The lowest BCUT2D eigenvalue weighted by Gasteiger charge is -2.23. The molecule has 0 spiro atoms. The molecule has 0 radical (unpaired) electrons. The number of benzene rings is 6. The lowest BCUT2D eigenvalue weighted by atomic mass is 9.59. The zero-order valence-electron chi connectivity index (χ0n) is 27.4. The van der Waals surface area contributed by atoms with Crippen molar-refractivity contribution in [3.05, 3.63) is 72.8 Å². The molecule has 0 atom stereocenters. The fraction of sp³-hybridized carbons (Fsp3) is 0. The van der Waals surface area contributed by atoms with Gasteiger partial charge in [-0.15, -0.1) is 32.8 Å². The van der Waals surface area contributed by atoms with Crippen LogP contribution in [-0.4, -0.2) is 78.5 Å².